The summed E-state index contributed by atoms with van der Waals surface area (Å²) in [6.07, 6.45) is -1.03. The van der Waals surface area contributed by atoms with E-state index in [0.29, 0.717) is 36.1 Å². The van der Waals surface area contributed by atoms with Gasteiger partial charge in [-0.15, -0.1) is 11.3 Å². The van der Waals surface area contributed by atoms with Crippen LogP contribution in [0.4, 0.5) is 18.3 Å². The number of hydrogen-bond donors (Lipinski definition) is 2. The van der Waals surface area contributed by atoms with E-state index in [4.69, 9.17) is 17.0 Å². The Labute approximate surface area is 225 Å². The summed E-state index contributed by atoms with van der Waals surface area (Å²) in [6, 6.07) is 10.2. The van der Waals surface area contributed by atoms with Crippen LogP contribution in [0.1, 0.15) is 21.6 Å². The van der Waals surface area contributed by atoms with Crippen LogP contribution in [0.5, 0.6) is 5.75 Å². The highest BCUT2D eigenvalue weighted by molar-refractivity contribution is 9.10. The molecule has 0 atom stereocenters. The second kappa shape index (κ2) is 11.1. The Morgan fingerprint density at radius 3 is 2.78 bits per heavy atom. The molecule has 2 amide bonds. The highest BCUT2D eigenvalue weighted by atomic mass is 79.9. The maximum Gasteiger partial charge on any atom is 0.416 e. The van der Waals surface area contributed by atoms with Crippen LogP contribution >= 0.6 is 51.2 Å². The number of alkyl halides is 3. The van der Waals surface area contributed by atoms with Gasteiger partial charge in [0.05, 0.1) is 10.5 Å². The van der Waals surface area contributed by atoms with E-state index in [1.165, 1.54) is 12.3 Å². The standard InChI is InChI=1S/C23H15BrF3N3O3S3/c24-15-4-5-17(13(8-15)9-18-20(32)30-22(34)36-18)33-11-19(31)29-21-28-10-16(35-21)7-12-2-1-3-14(6-12)23(25,26)27/h1-6,8-10H,7,11H2,(H,28,29,31)(H,30,32,34)/b18-9-. The average Bonchev–Trinajstić information content (AvgIpc) is 3.37. The lowest BCUT2D eigenvalue weighted by Crippen LogP contribution is -2.20. The second-order valence-corrected chi connectivity index (χ2v) is 11.1. The Bertz CT molecular complexity index is 1380. The summed E-state index contributed by atoms with van der Waals surface area (Å²) in [7, 11) is 0. The number of nitrogens with one attached hydrogen (secondary N) is 2. The first-order valence-corrected chi connectivity index (χ1v) is 13.0. The number of hydrogen-bond acceptors (Lipinski definition) is 7. The van der Waals surface area contributed by atoms with Crippen molar-refractivity contribution in [2.24, 2.45) is 0 Å². The third-order valence-electron chi connectivity index (χ3n) is 4.69. The van der Waals surface area contributed by atoms with Crippen LogP contribution in [0.15, 0.2) is 58.0 Å². The molecule has 0 saturated carbocycles. The van der Waals surface area contributed by atoms with E-state index < -0.39 is 17.6 Å². The van der Waals surface area contributed by atoms with E-state index in [1.54, 1.807) is 30.3 Å². The SMILES string of the molecule is O=C(COc1ccc(Br)cc1/C=C1\SC(=S)NC1=O)Nc1ncc(Cc2cccc(C(F)(F)F)c2)s1. The zero-order chi connectivity index (χ0) is 25.9. The smallest absolute Gasteiger partial charge is 0.416 e. The summed E-state index contributed by atoms with van der Waals surface area (Å²) in [5.74, 6) is -0.388. The molecule has 4 rings (SSSR count). The third-order valence-corrected chi connectivity index (χ3v) is 7.26. The van der Waals surface area contributed by atoms with Crippen molar-refractivity contribution < 1.29 is 27.5 Å². The van der Waals surface area contributed by atoms with Gasteiger partial charge in [-0.1, -0.05) is 58.1 Å². The molecule has 0 radical (unpaired) electrons. The van der Waals surface area contributed by atoms with Crippen molar-refractivity contribution in [2.45, 2.75) is 12.6 Å². The number of rotatable bonds is 7. The zero-order valence-corrected chi connectivity index (χ0v) is 22.1. The third kappa shape index (κ3) is 6.93. The molecule has 1 aromatic heterocycles. The molecule has 0 bridgehead atoms. The summed E-state index contributed by atoms with van der Waals surface area (Å²) in [6.45, 7) is -0.321. The number of carbonyl (C=O) groups is 2. The quantitative estimate of drug-likeness (QED) is 0.250. The molecule has 13 heteroatoms. The first-order chi connectivity index (χ1) is 17.1. The molecule has 2 heterocycles. The summed E-state index contributed by atoms with van der Waals surface area (Å²) in [5, 5.41) is 5.47. The minimum absolute atomic E-state index is 0.250. The number of carbonyl (C=O) groups excluding carboxylic acids is 2. The van der Waals surface area contributed by atoms with Crippen molar-refractivity contribution in [3.8, 4) is 5.75 Å². The number of halogens is 4. The van der Waals surface area contributed by atoms with Gasteiger partial charge >= 0.3 is 6.18 Å². The van der Waals surface area contributed by atoms with Crippen LogP contribution in [0.25, 0.3) is 6.08 Å². The van der Waals surface area contributed by atoms with E-state index in [9.17, 15) is 22.8 Å². The van der Waals surface area contributed by atoms with Crippen LogP contribution in [0.3, 0.4) is 0 Å². The normalized spacial score (nSPS) is 14.7. The van der Waals surface area contributed by atoms with Gasteiger partial charge in [0.2, 0.25) is 0 Å². The number of thiocarbonyl (C=S) groups is 1. The molecular weight excluding hydrogens is 599 g/mol. The number of aromatic nitrogens is 1. The number of thiazole rings is 1. The van der Waals surface area contributed by atoms with E-state index in [0.717, 1.165) is 39.7 Å². The Balaban J connectivity index is 1.37. The van der Waals surface area contributed by atoms with E-state index >= 15 is 0 Å². The molecule has 36 heavy (non-hydrogen) atoms. The van der Waals surface area contributed by atoms with Crippen LogP contribution in [0, 0.1) is 0 Å². The molecule has 1 fully saturated rings. The highest BCUT2D eigenvalue weighted by Gasteiger charge is 2.30. The fourth-order valence-corrected chi connectivity index (χ4v) is 5.41. The van der Waals surface area contributed by atoms with Gasteiger partial charge in [-0.2, -0.15) is 13.2 Å². The predicted octanol–water partition coefficient (Wildman–Crippen LogP) is 6.02. The lowest BCUT2D eigenvalue weighted by molar-refractivity contribution is -0.137. The van der Waals surface area contributed by atoms with E-state index in [-0.39, 0.29) is 18.9 Å². The van der Waals surface area contributed by atoms with Crippen LogP contribution in [-0.2, 0) is 22.2 Å². The summed E-state index contributed by atoms with van der Waals surface area (Å²) < 4.78 is 45.6. The van der Waals surface area contributed by atoms with Gasteiger partial charge in [0.1, 0.15) is 10.1 Å². The molecule has 3 aromatic rings. The van der Waals surface area contributed by atoms with Crippen molar-refractivity contribution >= 4 is 78.6 Å². The van der Waals surface area contributed by atoms with Crippen molar-refractivity contribution in [2.75, 3.05) is 11.9 Å². The van der Waals surface area contributed by atoms with Gasteiger partial charge in [-0.05, 0) is 35.9 Å². The van der Waals surface area contributed by atoms with E-state index in [1.807, 2.05) is 0 Å². The predicted molar refractivity (Wildman–Crippen MR) is 141 cm³/mol. The van der Waals surface area contributed by atoms with Gasteiger partial charge < -0.3 is 10.1 Å². The first-order valence-electron chi connectivity index (χ1n) is 10.1. The van der Waals surface area contributed by atoms with Crippen molar-refractivity contribution in [3.05, 3.63) is 79.6 Å². The van der Waals surface area contributed by atoms with E-state index in [2.05, 4.69) is 31.5 Å². The number of nitrogens with zero attached hydrogens (tertiary/aromatic N) is 1. The molecule has 0 unspecified atom stereocenters. The molecule has 6 nitrogen and oxygen atoms in total. The Morgan fingerprint density at radius 2 is 2.06 bits per heavy atom. The minimum Gasteiger partial charge on any atom is -0.483 e. The molecule has 1 aliphatic rings. The van der Waals surface area contributed by atoms with Gasteiger partial charge in [0, 0.05) is 27.5 Å². The molecule has 0 aliphatic carbocycles. The van der Waals surface area contributed by atoms with Crippen LogP contribution in [0.2, 0.25) is 0 Å². The largest absolute Gasteiger partial charge is 0.483 e. The number of anilines is 1. The molecule has 0 spiro atoms. The molecular formula is C23H15BrF3N3O3S3. The first kappa shape index (κ1) is 26.3. The lowest BCUT2D eigenvalue weighted by atomic mass is 10.1. The van der Waals surface area contributed by atoms with Crippen molar-refractivity contribution in [3.63, 3.8) is 0 Å². The highest BCUT2D eigenvalue weighted by Crippen LogP contribution is 2.32. The lowest BCUT2D eigenvalue weighted by Gasteiger charge is -2.10. The molecule has 1 aliphatic heterocycles. The molecule has 2 N–H and O–H groups in total. The van der Waals surface area contributed by atoms with Gasteiger partial charge in [0.25, 0.3) is 11.8 Å². The Morgan fingerprint density at radius 1 is 1.25 bits per heavy atom. The number of benzene rings is 2. The zero-order valence-electron chi connectivity index (χ0n) is 18.0. The second-order valence-electron chi connectivity index (χ2n) is 7.38. The molecule has 1 saturated heterocycles. The van der Waals surface area contributed by atoms with Gasteiger partial charge in [0.15, 0.2) is 11.7 Å². The Hall–Kier alpha value is -2.74. The minimum atomic E-state index is -4.41. The topological polar surface area (TPSA) is 80.3 Å². The fraction of sp³-hybridized carbons (Fsp3) is 0.130. The fourth-order valence-electron chi connectivity index (χ4n) is 3.13. The maximum absolute atomic E-state index is 12.9. The summed E-state index contributed by atoms with van der Waals surface area (Å²) in [5.41, 5.74) is 0.353. The van der Waals surface area contributed by atoms with Crippen molar-refractivity contribution in [1.82, 2.24) is 10.3 Å². The maximum atomic E-state index is 12.9. The van der Waals surface area contributed by atoms with Gasteiger partial charge in [-0.25, -0.2) is 4.98 Å². The number of thioether (sulfide) groups is 1. The van der Waals surface area contributed by atoms with Crippen molar-refractivity contribution in [1.29, 1.82) is 0 Å². The van der Waals surface area contributed by atoms with Gasteiger partial charge in [-0.3, -0.25) is 14.9 Å². The monoisotopic (exact) mass is 613 g/mol. The molecule has 2 aromatic carbocycles. The number of ether oxygens (including phenoxy) is 1. The molecule has 186 valence electrons. The van der Waals surface area contributed by atoms with Crippen LogP contribution in [-0.4, -0.2) is 27.7 Å². The average molecular weight is 614 g/mol. The summed E-state index contributed by atoms with van der Waals surface area (Å²) in [4.78, 5) is 29.6. The van der Waals surface area contributed by atoms with Crippen LogP contribution < -0.4 is 15.4 Å². The number of amides is 2. The summed E-state index contributed by atoms with van der Waals surface area (Å²) >= 11 is 10.7. The Kier molecular flexibility index (Phi) is 8.13.